The Morgan fingerprint density at radius 3 is 2.70 bits per heavy atom. The number of rotatable bonds is 3. The molecule has 2 heterocycles. The van der Waals surface area contributed by atoms with Crippen molar-refractivity contribution in [3.8, 4) is 0 Å². The van der Waals surface area contributed by atoms with E-state index in [0.29, 0.717) is 0 Å². The zero-order valence-electron chi connectivity index (χ0n) is 13.8. The fourth-order valence-electron chi connectivity index (χ4n) is 3.04. The minimum absolute atomic E-state index is 0.127. The first-order chi connectivity index (χ1) is 11.2. The van der Waals surface area contributed by atoms with Crippen LogP contribution in [0.5, 0.6) is 0 Å². The topological polar surface area (TPSA) is 36.4 Å². The summed E-state index contributed by atoms with van der Waals surface area (Å²) in [5, 5.41) is 1.18. The summed E-state index contributed by atoms with van der Waals surface area (Å²) in [6, 6.07) is 10.4. The van der Waals surface area contributed by atoms with Crippen LogP contribution in [0.2, 0.25) is 0 Å². The van der Waals surface area contributed by atoms with Gasteiger partial charge in [-0.15, -0.1) is 0 Å². The summed E-state index contributed by atoms with van der Waals surface area (Å²) in [5.41, 5.74) is 3.29. The number of carbonyl (C=O) groups is 1. The molecule has 0 unspecified atom stereocenters. The molecular weight excluding hydrogens is 286 g/mol. The summed E-state index contributed by atoms with van der Waals surface area (Å²) >= 11 is 0. The van der Waals surface area contributed by atoms with Crippen LogP contribution in [0.1, 0.15) is 19.0 Å². The van der Waals surface area contributed by atoms with Gasteiger partial charge < -0.3 is 9.80 Å². The molecule has 1 fully saturated rings. The first-order valence-corrected chi connectivity index (χ1v) is 8.26. The maximum absolute atomic E-state index is 12.1. The molecule has 1 aromatic heterocycles. The monoisotopic (exact) mass is 309 g/mol. The number of aromatic nitrogens is 1. The van der Waals surface area contributed by atoms with Gasteiger partial charge in [-0.05, 0) is 31.6 Å². The zero-order chi connectivity index (χ0) is 16.2. The van der Waals surface area contributed by atoms with Crippen LogP contribution in [0, 0.1) is 6.92 Å². The summed E-state index contributed by atoms with van der Waals surface area (Å²) in [6.45, 7) is 7.33. The minimum Gasteiger partial charge on any atom is -0.367 e. The number of anilines is 1. The average molecular weight is 309 g/mol. The number of hydrogen-bond acceptors (Lipinski definition) is 3. The van der Waals surface area contributed by atoms with Crippen LogP contribution >= 0.6 is 0 Å². The van der Waals surface area contributed by atoms with Gasteiger partial charge in [-0.3, -0.25) is 9.78 Å². The Bertz CT molecular complexity index is 730. The lowest BCUT2D eigenvalue weighted by molar-refractivity contribution is -0.126. The number of aryl methyl sites for hydroxylation is 1. The van der Waals surface area contributed by atoms with E-state index in [4.69, 9.17) is 0 Å². The van der Waals surface area contributed by atoms with Crippen molar-refractivity contribution >= 4 is 22.5 Å². The summed E-state index contributed by atoms with van der Waals surface area (Å²) in [6.07, 6.45) is 4.52. The number of nitrogens with zero attached hydrogens (tertiary/aromatic N) is 3. The third kappa shape index (κ3) is 3.36. The largest absolute Gasteiger partial charge is 0.367 e. The van der Waals surface area contributed by atoms with Crippen molar-refractivity contribution in [3.63, 3.8) is 0 Å². The van der Waals surface area contributed by atoms with E-state index in [2.05, 4.69) is 34.1 Å². The van der Waals surface area contributed by atoms with Crippen LogP contribution < -0.4 is 4.90 Å². The molecule has 0 atom stereocenters. The van der Waals surface area contributed by atoms with Gasteiger partial charge >= 0.3 is 0 Å². The molecule has 0 spiro atoms. The van der Waals surface area contributed by atoms with Gasteiger partial charge in [0.05, 0.1) is 5.52 Å². The van der Waals surface area contributed by atoms with Crippen LogP contribution in [0.4, 0.5) is 5.69 Å². The number of piperazine rings is 1. The van der Waals surface area contributed by atoms with Crippen LogP contribution in [0.3, 0.4) is 0 Å². The molecule has 2 aromatic rings. The molecule has 0 aliphatic carbocycles. The van der Waals surface area contributed by atoms with Crippen molar-refractivity contribution in [1.82, 2.24) is 9.88 Å². The molecule has 120 valence electrons. The van der Waals surface area contributed by atoms with Crippen molar-refractivity contribution in [2.75, 3.05) is 31.1 Å². The van der Waals surface area contributed by atoms with Crippen molar-refractivity contribution < 1.29 is 4.79 Å². The Balaban J connectivity index is 1.78. The second-order valence-electron chi connectivity index (χ2n) is 5.92. The highest BCUT2D eigenvalue weighted by Crippen LogP contribution is 2.27. The van der Waals surface area contributed by atoms with Gasteiger partial charge in [0.15, 0.2) is 0 Å². The standard InChI is InChI=1S/C19H23N3O/c1-3-4-9-19(23)22-12-10-21(11-13-22)18-14-15(2)20-17-8-6-5-7-16(17)18/h4-9,14H,3,10-13H2,1-2H3. The van der Waals surface area contributed by atoms with Gasteiger partial charge in [0.1, 0.15) is 0 Å². The maximum atomic E-state index is 12.1. The van der Waals surface area contributed by atoms with Crippen LogP contribution in [0.25, 0.3) is 10.9 Å². The van der Waals surface area contributed by atoms with Crippen molar-refractivity contribution in [2.24, 2.45) is 0 Å². The van der Waals surface area contributed by atoms with E-state index in [1.807, 2.05) is 30.9 Å². The molecule has 0 radical (unpaired) electrons. The number of fused-ring (bicyclic) bond motifs is 1. The van der Waals surface area contributed by atoms with Gasteiger partial charge in [-0.25, -0.2) is 0 Å². The number of para-hydroxylation sites is 1. The number of hydrogen-bond donors (Lipinski definition) is 0. The predicted molar refractivity (Wildman–Crippen MR) is 94.7 cm³/mol. The van der Waals surface area contributed by atoms with Crippen molar-refractivity contribution in [1.29, 1.82) is 0 Å². The molecule has 0 saturated carbocycles. The Kier molecular flexibility index (Phi) is 4.60. The van der Waals surface area contributed by atoms with E-state index in [0.717, 1.165) is 43.8 Å². The molecule has 0 N–H and O–H groups in total. The number of allylic oxidation sites excluding steroid dienone is 1. The lowest BCUT2D eigenvalue weighted by Gasteiger charge is -2.36. The number of carbonyl (C=O) groups excluding carboxylic acids is 1. The third-order valence-corrected chi connectivity index (χ3v) is 4.25. The smallest absolute Gasteiger partial charge is 0.246 e. The second-order valence-corrected chi connectivity index (χ2v) is 5.92. The normalized spacial score (nSPS) is 15.6. The summed E-state index contributed by atoms with van der Waals surface area (Å²) < 4.78 is 0. The summed E-state index contributed by atoms with van der Waals surface area (Å²) in [5.74, 6) is 0.127. The molecular formula is C19H23N3O. The maximum Gasteiger partial charge on any atom is 0.246 e. The Hall–Kier alpha value is -2.36. The van der Waals surface area contributed by atoms with Crippen LogP contribution in [-0.2, 0) is 4.79 Å². The molecule has 4 heteroatoms. The fourth-order valence-corrected chi connectivity index (χ4v) is 3.04. The fraction of sp³-hybridized carbons (Fsp3) is 0.368. The lowest BCUT2D eigenvalue weighted by atomic mass is 10.1. The van der Waals surface area contributed by atoms with Crippen LogP contribution in [0.15, 0.2) is 42.5 Å². The quantitative estimate of drug-likeness (QED) is 0.817. The van der Waals surface area contributed by atoms with E-state index >= 15 is 0 Å². The molecule has 23 heavy (non-hydrogen) atoms. The highest BCUT2D eigenvalue weighted by molar-refractivity contribution is 5.92. The number of amides is 1. The first kappa shape index (κ1) is 15.5. The Morgan fingerprint density at radius 2 is 1.96 bits per heavy atom. The summed E-state index contributed by atoms with van der Waals surface area (Å²) in [7, 11) is 0. The van der Waals surface area contributed by atoms with Crippen molar-refractivity contribution in [3.05, 3.63) is 48.2 Å². The van der Waals surface area contributed by atoms with Gasteiger partial charge in [0.25, 0.3) is 0 Å². The van der Waals surface area contributed by atoms with Crippen molar-refractivity contribution in [2.45, 2.75) is 20.3 Å². The molecule has 1 aromatic carbocycles. The molecule has 1 amide bonds. The van der Waals surface area contributed by atoms with Gasteiger partial charge in [-0.1, -0.05) is 31.2 Å². The van der Waals surface area contributed by atoms with Crippen LogP contribution in [-0.4, -0.2) is 42.0 Å². The molecule has 0 bridgehead atoms. The SMILES string of the molecule is CCC=CC(=O)N1CCN(c2cc(C)nc3ccccc23)CC1. The van der Waals surface area contributed by atoms with Gasteiger partial charge in [0.2, 0.25) is 5.91 Å². The average Bonchev–Trinajstić information content (AvgIpc) is 2.59. The van der Waals surface area contributed by atoms with E-state index in [9.17, 15) is 4.79 Å². The lowest BCUT2D eigenvalue weighted by Crippen LogP contribution is -2.48. The number of pyridine rings is 1. The first-order valence-electron chi connectivity index (χ1n) is 8.26. The van der Waals surface area contributed by atoms with E-state index in [-0.39, 0.29) is 5.91 Å². The molecule has 1 aliphatic rings. The Labute approximate surface area is 137 Å². The third-order valence-electron chi connectivity index (χ3n) is 4.25. The van der Waals surface area contributed by atoms with Gasteiger partial charge in [-0.2, -0.15) is 0 Å². The van der Waals surface area contributed by atoms with E-state index in [1.54, 1.807) is 6.08 Å². The van der Waals surface area contributed by atoms with Gasteiger partial charge in [0, 0.05) is 42.9 Å². The predicted octanol–water partition coefficient (Wildman–Crippen LogP) is 3.16. The molecule has 1 aliphatic heterocycles. The molecule has 3 rings (SSSR count). The highest BCUT2D eigenvalue weighted by Gasteiger charge is 2.21. The Morgan fingerprint density at radius 1 is 1.22 bits per heavy atom. The minimum atomic E-state index is 0.127. The van der Waals surface area contributed by atoms with E-state index in [1.165, 1.54) is 11.1 Å². The molecule has 1 saturated heterocycles. The second kappa shape index (κ2) is 6.82. The number of benzene rings is 1. The molecule has 4 nitrogen and oxygen atoms in total. The van der Waals surface area contributed by atoms with E-state index < -0.39 is 0 Å². The summed E-state index contributed by atoms with van der Waals surface area (Å²) in [4.78, 5) is 21.0. The highest BCUT2D eigenvalue weighted by atomic mass is 16.2. The zero-order valence-corrected chi connectivity index (χ0v) is 13.8.